The van der Waals surface area contributed by atoms with Crippen LogP contribution in [0.25, 0.3) is 0 Å². The number of hydrogen-bond donors (Lipinski definition) is 7. The number of carboxylic acids is 1. The zero-order valence-corrected chi connectivity index (χ0v) is 17.3. The molecule has 0 aliphatic rings. The van der Waals surface area contributed by atoms with Crippen LogP contribution in [0.3, 0.4) is 0 Å². The largest absolute Gasteiger partial charge is 0.480 e. The Balaban J connectivity index is 4.80. The molecule has 0 heterocycles. The number of rotatable bonds is 15. The highest BCUT2D eigenvalue weighted by Gasteiger charge is 2.25. The second-order valence-electron chi connectivity index (χ2n) is 6.30. The number of carbonyl (C=O) groups is 6. The fourth-order valence-electron chi connectivity index (χ4n) is 2.15. The van der Waals surface area contributed by atoms with E-state index in [0.717, 1.165) is 0 Å². The van der Waals surface area contributed by atoms with Gasteiger partial charge < -0.3 is 38.3 Å². The minimum atomic E-state index is -1.53. The Labute approximate surface area is 177 Å². The summed E-state index contributed by atoms with van der Waals surface area (Å²) in [5, 5.41) is 15.8. The number of carboxylic acid groups (broad SMARTS) is 1. The molecule has 10 N–H and O–H groups in total. The quantitative estimate of drug-likeness (QED) is 0.131. The zero-order chi connectivity index (χ0) is 23.3. The SMILES string of the molecule is CSCCC(NC(=O)C(N)CCC(N)=O)C(=O)NCC(=O)NC(CC(N)=O)C(=O)O. The minimum Gasteiger partial charge on any atom is -0.480 e. The van der Waals surface area contributed by atoms with Gasteiger partial charge in [-0.05, 0) is 24.9 Å². The van der Waals surface area contributed by atoms with Gasteiger partial charge in [-0.1, -0.05) is 0 Å². The molecule has 0 aromatic heterocycles. The first-order valence-electron chi connectivity index (χ1n) is 8.89. The third-order valence-electron chi connectivity index (χ3n) is 3.74. The maximum absolute atomic E-state index is 12.4. The summed E-state index contributed by atoms with van der Waals surface area (Å²) in [5.41, 5.74) is 15.6. The molecule has 30 heavy (non-hydrogen) atoms. The van der Waals surface area contributed by atoms with Crippen molar-refractivity contribution in [3.8, 4) is 0 Å². The van der Waals surface area contributed by atoms with E-state index in [2.05, 4.69) is 16.0 Å². The Bertz CT molecular complexity index is 660. The third kappa shape index (κ3) is 11.9. The Morgan fingerprint density at radius 2 is 1.57 bits per heavy atom. The van der Waals surface area contributed by atoms with E-state index >= 15 is 0 Å². The van der Waals surface area contributed by atoms with Crippen LogP contribution in [0.1, 0.15) is 25.7 Å². The Morgan fingerprint density at radius 3 is 2.07 bits per heavy atom. The van der Waals surface area contributed by atoms with Crippen LogP contribution in [0.4, 0.5) is 0 Å². The van der Waals surface area contributed by atoms with Gasteiger partial charge in [-0.15, -0.1) is 0 Å². The molecule has 0 rings (SSSR count). The number of thioether (sulfide) groups is 1. The Kier molecular flexibility index (Phi) is 12.8. The number of nitrogens with one attached hydrogen (secondary N) is 3. The lowest BCUT2D eigenvalue weighted by Gasteiger charge is -2.20. The van der Waals surface area contributed by atoms with Crippen molar-refractivity contribution in [1.29, 1.82) is 0 Å². The van der Waals surface area contributed by atoms with Crippen LogP contribution in [0.5, 0.6) is 0 Å². The van der Waals surface area contributed by atoms with Crippen molar-refractivity contribution >= 4 is 47.3 Å². The molecule has 0 bridgehead atoms. The molecular weight excluding hydrogens is 420 g/mol. The molecule has 0 spiro atoms. The summed E-state index contributed by atoms with van der Waals surface area (Å²) in [6.07, 6.45) is 1.35. The van der Waals surface area contributed by atoms with Crippen LogP contribution < -0.4 is 33.2 Å². The summed E-state index contributed by atoms with van der Waals surface area (Å²) in [7, 11) is 0. The lowest BCUT2D eigenvalue weighted by Crippen LogP contribution is -2.54. The van der Waals surface area contributed by atoms with Crippen LogP contribution in [-0.2, 0) is 28.8 Å². The standard InChI is InChI=1S/C16H28N6O7S/c1-30-5-4-9(22-14(26)8(17)2-3-11(18)23)15(27)20-7-13(25)21-10(16(28)29)6-12(19)24/h8-10H,2-7,17H2,1H3,(H2,18,23)(H2,19,24)(H,20,27)(H,21,25)(H,22,26)(H,28,29). The Morgan fingerprint density at radius 1 is 0.933 bits per heavy atom. The molecule has 0 saturated heterocycles. The molecule has 0 aromatic rings. The van der Waals surface area contributed by atoms with Crippen LogP contribution in [0.2, 0.25) is 0 Å². The molecule has 0 radical (unpaired) electrons. The average molecular weight is 449 g/mol. The Hall–Kier alpha value is -2.87. The van der Waals surface area contributed by atoms with E-state index in [1.165, 1.54) is 11.8 Å². The summed E-state index contributed by atoms with van der Waals surface area (Å²) in [6.45, 7) is -0.583. The van der Waals surface area contributed by atoms with Gasteiger partial charge in [0.1, 0.15) is 12.1 Å². The van der Waals surface area contributed by atoms with E-state index in [9.17, 15) is 28.8 Å². The molecule has 170 valence electrons. The molecule has 0 saturated carbocycles. The second-order valence-corrected chi connectivity index (χ2v) is 7.29. The van der Waals surface area contributed by atoms with Crippen LogP contribution in [0, 0.1) is 0 Å². The number of aliphatic carboxylic acids is 1. The first-order valence-corrected chi connectivity index (χ1v) is 10.3. The summed E-state index contributed by atoms with van der Waals surface area (Å²) >= 11 is 1.43. The lowest BCUT2D eigenvalue weighted by atomic mass is 10.1. The monoisotopic (exact) mass is 448 g/mol. The third-order valence-corrected chi connectivity index (χ3v) is 4.39. The molecule has 0 aliphatic carbocycles. The number of nitrogens with two attached hydrogens (primary N) is 3. The lowest BCUT2D eigenvalue weighted by molar-refractivity contribution is -0.143. The van der Waals surface area contributed by atoms with Crippen molar-refractivity contribution in [1.82, 2.24) is 16.0 Å². The van der Waals surface area contributed by atoms with Gasteiger partial charge in [0.2, 0.25) is 29.5 Å². The normalized spacial score (nSPS) is 13.4. The first-order chi connectivity index (χ1) is 14.0. The minimum absolute atomic E-state index is 0.0108. The molecule has 3 atom stereocenters. The van der Waals surface area contributed by atoms with Crippen LogP contribution in [0.15, 0.2) is 0 Å². The van der Waals surface area contributed by atoms with Crippen molar-refractivity contribution in [3.63, 3.8) is 0 Å². The van der Waals surface area contributed by atoms with Gasteiger partial charge in [0.15, 0.2) is 0 Å². The number of primary amides is 2. The predicted molar refractivity (Wildman–Crippen MR) is 108 cm³/mol. The molecular formula is C16H28N6O7S. The highest BCUT2D eigenvalue weighted by molar-refractivity contribution is 7.98. The van der Waals surface area contributed by atoms with Gasteiger partial charge in [0.05, 0.1) is 19.0 Å². The van der Waals surface area contributed by atoms with E-state index in [0.29, 0.717) is 5.75 Å². The summed E-state index contributed by atoms with van der Waals surface area (Å²) in [6, 6.07) is -3.57. The maximum atomic E-state index is 12.4. The van der Waals surface area contributed by atoms with Gasteiger partial charge in [0, 0.05) is 6.42 Å². The zero-order valence-electron chi connectivity index (χ0n) is 16.5. The van der Waals surface area contributed by atoms with E-state index in [1.54, 1.807) is 6.26 Å². The molecule has 0 aromatic carbocycles. The highest BCUT2D eigenvalue weighted by atomic mass is 32.2. The second kappa shape index (κ2) is 14.2. The molecule has 13 nitrogen and oxygen atoms in total. The van der Waals surface area contributed by atoms with E-state index in [1.807, 2.05) is 0 Å². The van der Waals surface area contributed by atoms with Gasteiger partial charge in [-0.3, -0.25) is 24.0 Å². The average Bonchev–Trinajstić information content (AvgIpc) is 2.66. The van der Waals surface area contributed by atoms with E-state index in [-0.39, 0.29) is 19.3 Å². The van der Waals surface area contributed by atoms with Gasteiger partial charge in [-0.25, -0.2) is 4.79 Å². The van der Waals surface area contributed by atoms with Crippen LogP contribution >= 0.6 is 11.8 Å². The molecule has 14 heteroatoms. The summed E-state index contributed by atoms with van der Waals surface area (Å²) in [4.78, 5) is 69.0. The summed E-state index contributed by atoms with van der Waals surface area (Å²) in [5.74, 6) is -4.67. The van der Waals surface area contributed by atoms with Crippen molar-refractivity contribution in [2.24, 2.45) is 17.2 Å². The highest BCUT2D eigenvalue weighted by Crippen LogP contribution is 2.03. The fourth-order valence-corrected chi connectivity index (χ4v) is 2.62. The predicted octanol–water partition coefficient (Wildman–Crippen LogP) is -3.62. The number of carbonyl (C=O) groups excluding carboxylic acids is 5. The smallest absolute Gasteiger partial charge is 0.326 e. The van der Waals surface area contributed by atoms with Crippen molar-refractivity contribution < 1.29 is 33.9 Å². The van der Waals surface area contributed by atoms with Crippen molar-refractivity contribution in [2.75, 3.05) is 18.6 Å². The van der Waals surface area contributed by atoms with E-state index in [4.69, 9.17) is 22.3 Å². The molecule has 5 amide bonds. The van der Waals surface area contributed by atoms with Crippen LogP contribution in [-0.4, -0.2) is 77.3 Å². The van der Waals surface area contributed by atoms with Gasteiger partial charge in [-0.2, -0.15) is 11.8 Å². The van der Waals surface area contributed by atoms with Crippen molar-refractivity contribution in [2.45, 2.75) is 43.8 Å². The summed E-state index contributed by atoms with van der Waals surface area (Å²) < 4.78 is 0. The fraction of sp³-hybridized carbons (Fsp3) is 0.625. The first kappa shape index (κ1) is 27.1. The van der Waals surface area contributed by atoms with Gasteiger partial charge >= 0.3 is 5.97 Å². The number of amides is 5. The topological polar surface area (TPSA) is 237 Å². The molecule has 0 fully saturated rings. The maximum Gasteiger partial charge on any atom is 0.326 e. The van der Waals surface area contributed by atoms with E-state index < -0.39 is 66.6 Å². The molecule has 0 aliphatic heterocycles. The van der Waals surface area contributed by atoms with Gasteiger partial charge in [0.25, 0.3) is 0 Å². The molecule has 3 unspecified atom stereocenters. The number of hydrogen-bond acceptors (Lipinski definition) is 8. The van der Waals surface area contributed by atoms with Crippen molar-refractivity contribution in [3.05, 3.63) is 0 Å².